The van der Waals surface area contributed by atoms with Gasteiger partial charge in [0, 0.05) is 30.2 Å². The zero-order chi connectivity index (χ0) is 14.0. The molecular formula is C15H22Cl2N2. The zero-order valence-corrected chi connectivity index (χ0v) is 13.3. The van der Waals surface area contributed by atoms with Gasteiger partial charge in [-0.25, -0.2) is 0 Å². The molecule has 1 aromatic carbocycles. The van der Waals surface area contributed by atoms with E-state index >= 15 is 0 Å². The Labute approximate surface area is 126 Å². The first-order valence-corrected chi connectivity index (χ1v) is 7.73. The van der Waals surface area contributed by atoms with E-state index in [-0.39, 0.29) is 0 Å². The minimum Gasteiger partial charge on any atom is -0.365 e. The van der Waals surface area contributed by atoms with Gasteiger partial charge in [0.05, 0.1) is 10.7 Å². The van der Waals surface area contributed by atoms with E-state index < -0.39 is 0 Å². The fourth-order valence-electron chi connectivity index (χ4n) is 2.64. The molecule has 1 aliphatic rings. The van der Waals surface area contributed by atoms with Crippen molar-refractivity contribution >= 4 is 28.9 Å². The Kier molecular flexibility index (Phi) is 4.99. The van der Waals surface area contributed by atoms with Crippen LogP contribution in [0.3, 0.4) is 0 Å². The van der Waals surface area contributed by atoms with Crippen molar-refractivity contribution in [2.24, 2.45) is 5.92 Å². The summed E-state index contributed by atoms with van der Waals surface area (Å²) in [4.78, 5) is 2.43. The molecule has 19 heavy (non-hydrogen) atoms. The van der Waals surface area contributed by atoms with Gasteiger partial charge in [-0.15, -0.1) is 0 Å². The molecule has 1 N–H and O–H groups in total. The Balaban J connectivity index is 2.27. The molecule has 0 radical (unpaired) electrons. The summed E-state index contributed by atoms with van der Waals surface area (Å²) < 4.78 is 0. The average Bonchev–Trinajstić information content (AvgIpc) is 2.38. The number of rotatable bonds is 3. The highest BCUT2D eigenvalue weighted by molar-refractivity contribution is 6.36. The Morgan fingerprint density at radius 2 is 2.11 bits per heavy atom. The number of hydrogen-bond acceptors (Lipinski definition) is 2. The van der Waals surface area contributed by atoms with E-state index in [0.717, 1.165) is 30.2 Å². The van der Waals surface area contributed by atoms with Crippen LogP contribution in [0.1, 0.15) is 27.2 Å². The summed E-state index contributed by atoms with van der Waals surface area (Å²) in [6.45, 7) is 8.74. The van der Waals surface area contributed by atoms with Gasteiger partial charge in [0.25, 0.3) is 0 Å². The lowest BCUT2D eigenvalue weighted by molar-refractivity contribution is 0.325. The summed E-state index contributed by atoms with van der Waals surface area (Å²) in [7, 11) is 0. The summed E-state index contributed by atoms with van der Waals surface area (Å²) in [5.41, 5.74) is 1.10. The Bertz CT molecular complexity index is 434. The molecule has 0 saturated carbocycles. The quantitative estimate of drug-likeness (QED) is 0.900. The molecule has 0 amide bonds. The van der Waals surface area contributed by atoms with Crippen molar-refractivity contribution in [3.8, 4) is 0 Å². The predicted octanol–water partition coefficient (Wildman–Crippen LogP) is 4.21. The molecule has 1 aromatic rings. The van der Waals surface area contributed by atoms with E-state index in [1.54, 1.807) is 0 Å². The highest BCUT2D eigenvalue weighted by Crippen LogP contribution is 2.32. The van der Waals surface area contributed by atoms with E-state index in [0.29, 0.717) is 23.0 Å². The van der Waals surface area contributed by atoms with E-state index in [4.69, 9.17) is 23.2 Å². The van der Waals surface area contributed by atoms with Gasteiger partial charge in [-0.3, -0.25) is 0 Å². The molecule has 1 fully saturated rings. The Hall–Kier alpha value is -0.440. The van der Waals surface area contributed by atoms with Gasteiger partial charge in [-0.2, -0.15) is 0 Å². The zero-order valence-electron chi connectivity index (χ0n) is 11.8. The second-order valence-corrected chi connectivity index (χ2v) is 6.41. The summed E-state index contributed by atoms with van der Waals surface area (Å²) >= 11 is 12.4. The first-order chi connectivity index (χ1) is 9.02. The highest BCUT2D eigenvalue weighted by Gasteiger charge is 2.29. The Morgan fingerprint density at radius 3 is 2.68 bits per heavy atom. The van der Waals surface area contributed by atoms with Crippen LogP contribution in [-0.4, -0.2) is 25.2 Å². The average molecular weight is 301 g/mol. The SMILES string of the molecule is CCC1CNC(C(C)C)CN1c1ccc(Cl)cc1Cl. The third-order valence-electron chi connectivity index (χ3n) is 3.94. The van der Waals surface area contributed by atoms with Crippen LogP contribution >= 0.6 is 23.2 Å². The van der Waals surface area contributed by atoms with Crippen LogP contribution in [0.2, 0.25) is 10.0 Å². The second-order valence-electron chi connectivity index (χ2n) is 5.57. The maximum absolute atomic E-state index is 6.37. The molecule has 1 aliphatic heterocycles. The summed E-state index contributed by atoms with van der Waals surface area (Å²) in [6, 6.07) is 6.79. The van der Waals surface area contributed by atoms with Crippen LogP contribution in [-0.2, 0) is 0 Å². The molecule has 2 rings (SSSR count). The lowest BCUT2D eigenvalue weighted by Crippen LogP contribution is -2.58. The number of piperazine rings is 1. The van der Waals surface area contributed by atoms with Crippen LogP contribution < -0.4 is 10.2 Å². The molecule has 1 saturated heterocycles. The second kappa shape index (κ2) is 6.34. The van der Waals surface area contributed by atoms with Crippen molar-refractivity contribution in [2.75, 3.05) is 18.0 Å². The van der Waals surface area contributed by atoms with Crippen LogP contribution in [0.5, 0.6) is 0 Å². The first kappa shape index (κ1) is 15.0. The largest absolute Gasteiger partial charge is 0.365 e. The lowest BCUT2D eigenvalue weighted by atomic mass is 9.98. The normalized spacial score (nSPS) is 24.0. The number of nitrogens with zero attached hydrogens (tertiary/aromatic N) is 1. The van der Waals surface area contributed by atoms with Crippen molar-refractivity contribution < 1.29 is 0 Å². The summed E-state index contributed by atoms with van der Waals surface area (Å²) in [5.74, 6) is 0.617. The van der Waals surface area contributed by atoms with E-state index in [1.165, 1.54) is 0 Å². The Morgan fingerprint density at radius 1 is 1.37 bits per heavy atom. The van der Waals surface area contributed by atoms with Crippen LogP contribution in [0.4, 0.5) is 5.69 Å². The summed E-state index contributed by atoms with van der Waals surface area (Å²) in [6.07, 6.45) is 1.11. The third kappa shape index (κ3) is 3.36. The van der Waals surface area contributed by atoms with Gasteiger partial charge < -0.3 is 10.2 Å². The van der Waals surface area contributed by atoms with Gasteiger partial charge in [0.2, 0.25) is 0 Å². The molecule has 1 heterocycles. The van der Waals surface area contributed by atoms with E-state index in [9.17, 15) is 0 Å². The predicted molar refractivity (Wildman–Crippen MR) is 84.5 cm³/mol. The maximum atomic E-state index is 6.37. The molecule has 0 aliphatic carbocycles. The number of benzene rings is 1. The van der Waals surface area contributed by atoms with Crippen molar-refractivity contribution in [2.45, 2.75) is 39.3 Å². The highest BCUT2D eigenvalue weighted by atomic mass is 35.5. The monoisotopic (exact) mass is 300 g/mol. The van der Waals surface area contributed by atoms with Gasteiger partial charge >= 0.3 is 0 Å². The van der Waals surface area contributed by atoms with Gasteiger partial charge in [-0.05, 0) is 30.5 Å². The standard InChI is InChI=1S/C15H22Cl2N2/c1-4-12-8-18-14(10(2)3)9-19(12)15-6-5-11(16)7-13(15)17/h5-7,10,12,14,18H,4,8-9H2,1-3H3. The molecular weight excluding hydrogens is 279 g/mol. The van der Waals surface area contributed by atoms with Crippen LogP contribution in [0.15, 0.2) is 18.2 Å². The van der Waals surface area contributed by atoms with Gasteiger partial charge in [0.15, 0.2) is 0 Å². The van der Waals surface area contributed by atoms with Gasteiger partial charge in [-0.1, -0.05) is 44.0 Å². The third-order valence-corrected chi connectivity index (χ3v) is 4.48. The van der Waals surface area contributed by atoms with Crippen LogP contribution in [0, 0.1) is 5.92 Å². The molecule has 2 nitrogen and oxygen atoms in total. The maximum Gasteiger partial charge on any atom is 0.0654 e. The smallest absolute Gasteiger partial charge is 0.0654 e. The molecule has 0 spiro atoms. The molecule has 0 bridgehead atoms. The number of hydrogen-bond donors (Lipinski definition) is 1. The number of halogens is 2. The van der Waals surface area contributed by atoms with Crippen molar-refractivity contribution in [1.29, 1.82) is 0 Å². The van der Waals surface area contributed by atoms with Crippen LogP contribution in [0.25, 0.3) is 0 Å². The molecule has 106 valence electrons. The van der Waals surface area contributed by atoms with Crippen molar-refractivity contribution in [3.05, 3.63) is 28.2 Å². The van der Waals surface area contributed by atoms with Gasteiger partial charge in [0.1, 0.15) is 0 Å². The van der Waals surface area contributed by atoms with Crippen molar-refractivity contribution in [1.82, 2.24) is 5.32 Å². The van der Waals surface area contributed by atoms with E-state index in [2.05, 4.69) is 31.0 Å². The van der Waals surface area contributed by atoms with E-state index in [1.807, 2.05) is 18.2 Å². The molecule has 4 heteroatoms. The molecule has 2 atom stereocenters. The van der Waals surface area contributed by atoms with Crippen molar-refractivity contribution in [3.63, 3.8) is 0 Å². The minimum atomic E-state index is 0.494. The fraction of sp³-hybridized carbons (Fsp3) is 0.600. The first-order valence-electron chi connectivity index (χ1n) is 6.98. The summed E-state index contributed by atoms with van der Waals surface area (Å²) in [5, 5.41) is 5.08. The molecule has 2 unspecified atom stereocenters. The topological polar surface area (TPSA) is 15.3 Å². The molecule has 0 aromatic heterocycles. The minimum absolute atomic E-state index is 0.494. The lowest BCUT2D eigenvalue weighted by Gasteiger charge is -2.43. The number of nitrogens with one attached hydrogen (secondary N) is 1. The fourth-order valence-corrected chi connectivity index (χ4v) is 3.16. The number of anilines is 1.